The Labute approximate surface area is 82.9 Å². The molecule has 1 aliphatic heterocycles. The number of carboxylic acid groups (broad SMARTS) is 1. The number of hydrogen-bond donors (Lipinski definition) is 1. The predicted molar refractivity (Wildman–Crippen MR) is 49.7 cm³/mol. The molecule has 0 aromatic heterocycles. The summed E-state index contributed by atoms with van der Waals surface area (Å²) in [6.45, 7) is 2.57. The van der Waals surface area contributed by atoms with Crippen molar-refractivity contribution in [3.05, 3.63) is 0 Å². The number of carboxylic acids is 1. The Morgan fingerprint density at radius 2 is 2.21 bits per heavy atom. The molecule has 1 saturated carbocycles. The number of nitrogens with zero attached hydrogens (tertiary/aromatic N) is 1. The van der Waals surface area contributed by atoms with Crippen molar-refractivity contribution in [1.82, 2.24) is 4.90 Å². The zero-order valence-electron chi connectivity index (χ0n) is 8.32. The third-order valence-electron chi connectivity index (χ3n) is 3.74. The SMILES string of the molecule is CC(=O)N1C[C@@H]2CCC[C@]2(C(=O)O)C1. The van der Waals surface area contributed by atoms with Crippen molar-refractivity contribution < 1.29 is 14.7 Å². The molecule has 1 amide bonds. The lowest BCUT2D eigenvalue weighted by Gasteiger charge is -2.22. The summed E-state index contributed by atoms with van der Waals surface area (Å²) in [5.41, 5.74) is -0.619. The summed E-state index contributed by atoms with van der Waals surface area (Å²) >= 11 is 0. The molecule has 78 valence electrons. The van der Waals surface area contributed by atoms with Gasteiger partial charge in [0.25, 0.3) is 0 Å². The predicted octanol–water partition coefficient (Wildman–Crippen LogP) is 0.720. The fourth-order valence-electron chi connectivity index (χ4n) is 2.88. The van der Waals surface area contributed by atoms with E-state index in [-0.39, 0.29) is 11.8 Å². The molecule has 2 atom stereocenters. The molecule has 4 heteroatoms. The molecule has 0 aromatic rings. The molecular formula is C10H15NO3. The third-order valence-corrected chi connectivity index (χ3v) is 3.74. The van der Waals surface area contributed by atoms with Crippen molar-refractivity contribution in [2.24, 2.45) is 11.3 Å². The molecule has 2 rings (SSSR count). The molecule has 4 nitrogen and oxygen atoms in total. The third kappa shape index (κ3) is 1.13. The van der Waals surface area contributed by atoms with Crippen LogP contribution in [0.25, 0.3) is 0 Å². The van der Waals surface area contributed by atoms with Crippen molar-refractivity contribution in [2.75, 3.05) is 13.1 Å². The first kappa shape index (κ1) is 9.49. The number of carbonyl (C=O) groups excluding carboxylic acids is 1. The van der Waals surface area contributed by atoms with Crippen LogP contribution in [0.4, 0.5) is 0 Å². The van der Waals surface area contributed by atoms with Gasteiger partial charge >= 0.3 is 5.97 Å². The van der Waals surface area contributed by atoms with Gasteiger partial charge in [-0.25, -0.2) is 0 Å². The molecule has 1 heterocycles. The zero-order valence-corrected chi connectivity index (χ0v) is 8.32. The van der Waals surface area contributed by atoms with E-state index in [1.807, 2.05) is 0 Å². The number of carbonyl (C=O) groups is 2. The van der Waals surface area contributed by atoms with Gasteiger partial charge in [0.15, 0.2) is 0 Å². The first-order chi connectivity index (χ1) is 6.56. The highest BCUT2D eigenvalue weighted by atomic mass is 16.4. The van der Waals surface area contributed by atoms with Crippen molar-refractivity contribution in [1.29, 1.82) is 0 Å². The van der Waals surface area contributed by atoms with E-state index in [2.05, 4.69) is 0 Å². The normalized spacial score (nSPS) is 35.8. The average Bonchev–Trinajstić information content (AvgIpc) is 2.57. The highest BCUT2D eigenvalue weighted by Gasteiger charge is 2.55. The molecular weight excluding hydrogens is 182 g/mol. The summed E-state index contributed by atoms with van der Waals surface area (Å²) in [6, 6.07) is 0. The zero-order chi connectivity index (χ0) is 10.3. The van der Waals surface area contributed by atoms with Gasteiger partial charge in [0, 0.05) is 20.0 Å². The lowest BCUT2D eigenvalue weighted by molar-refractivity contribution is -0.149. The van der Waals surface area contributed by atoms with Crippen LogP contribution in [0, 0.1) is 11.3 Å². The average molecular weight is 197 g/mol. The number of fused-ring (bicyclic) bond motifs is 1. The molecule has 0 radical (unpaired) electrons. The quantitative estimate of drug-likeness (QED) is 0.673. The first-order valence-electron chi connectivity index (χ1n) is 5.05. The van der Waals surface area contributed by atoms with E-state index in [9.17, 15) is 14.7 Å². The van der Waals surface area contributed by atoms with Crippen LogP contribution in [0.15, 0.2) is 0 Å². The molecule has 0 unspecified atom stereocenters. The summed E-state index contributed by atoms with van der Waals surface area (Å²) in [4.78, 5) is 24.1. The van der Waals surface area contributed by atoms with Gasteiger partial charge in [0.05, 0.1) is 5.41 Å². The second kappa shape index (κ2) is 2.97. The van der Waals surface area contributed by atoms with E-state index < -0.39 is 11.4 Å². The molecule has 1 aliphatic carbocycles. The Morgan fingerprint density at radius 3 is 2.71 bits per heavy atom. The Morgan fingerprint density at radius 1 is 1.50 bits per heavy atom. The largest absolute Gasteiger partial charge is 0.481 e. The highest BCUT2D eigenvalue weighted by Crippen LogP contribution is 2.48. The molecule has 2 aliphatic rings. The lowest BCUT2D eigenvalue weighted by Crippen LogP contribution is -2.36. The van der Waals surface area contributed by atoms with Gasteiger partial charge in [-0.15, -0.1) is 0 Å². The molecule has 0 aromatic carbocycles. The second-order valence-electron chi connectivity index (χ2n) is 4.45. The molecule has 1 saturated heterocycles. The number of amides is 1. The van der Waals surface area contributed by atoms with Crippen LogP contribution in [-0.2, 0) is 9.59 Å². The van der Waals surface area contributed by atoms with Crippen LogP contribution in [0.2, 0.25) is 0 Å². The van der Waals surface area contributed by atoms with Gasteiger partial charge < -0.3 is 10.0 Å². The van der Waals surface area contributed by atoms with Gasteiger partial charge in [-0.3, -0.25) is 9.59 Å². The fourth-order valence-corrected chi connectivity index (χ4v) is 2.88. The maximum atomic E-state index is 11.2. The molecule has 14 heavy (non-hydrogen) atoms. The maximum absolute atomic E-state index is 11.2. The van der Waals surface area contributed by atoms with Gasteiger partial charge in [0.1, 0.15) is 0 Å². The number of aliphatic carboxylic acids is 1. The van der Waals surface area contributed by atoms with Crippen LogP contribution in [0.5, 0.6) is 0 Å². The van der Waals surface area contributed by atoms with Crippen LogP contribution < -0.4 is 0 Å². The van der Waals surface area contributed by atoms with Crippen LogP contribution in [-0.4, -0.2) is 35.0 Å². The Balaban J connectivity index is 2.23. The Bertz CT molecular complexity index is 289. The minimum absolute atomic E-state index is 0.0000231. The number of likely N-dealkylation sites (tertiary alicyclic amines) is 1. The monoisotopic (exact) mass is 197 g/mol. The highest BCUT2D eigenvalue weighted by molar-refractivity contribution is 5.80. The molecule has 0 spiro atoms. The van der Waals surface area contributed by atoms with E-state index in [0.29, 0.717) is 13.1 Å². The van der Waals surface area contributed by atoms with Gasteiger partial charge in [-0.2, -0.15) is 0 Å². The summed E-state index contributed by atoms with van der Waals surface area (Å²) < 4.78 is 0. The van der Waals surface area contributed by atoms with Crippen molar-refractivity contribution in [3.8, 4) is 0 Å². The molecule has 0 bridgehead atoms. The minimum atomic E-state index is -0.719. The van der Waals surface area contributed by atoms with E-state index in [1.54, 1.807) is 4.90 Å². The summed E-state index contributed by atoms with van der Waals surface area (Å²) in [5.74, 6) is -0.535. The summed E-state index contributed by atoms with van der Waals surface area (Å²) in [5, 5.41) is 9.24. The van der Waals surface area contributed by atoms with E-state index in [1.165, 1.54) is 6.92 Å². The standard InChI is InChI=1S/C10H15NO3/c1-7(12)11-5-8-3-2-4-10(8,6-11)9(13)14/h8H,2-6H2,1H3,(H,13,14)/t8-,10-/m0/s1. The number of rotatable bonds is 1. The van der Waals surface area contributed by atoms with E-state index in [0.717, 1.165) is 19.3 Å². The lowest BCUT2D eigenvalue weighted by atomic mass is 9.81. The van der Waals surface area contributed by atoms with Gasteiger partial charge in [-0.05, 0) is 18.8 Å². The van der Waals surface area contributed by atoms with Gasteiger partial charge in [0.2, 0.25) is 5.91 Å². The van der Waals surface area contributed by atoms with Crippen LogP contribution in [0.3, 0.4) is 0 Å². The van der Waals surface area contributed by atoms with Crippen molar-refractivity contribution in [2.45, 2.75) is 26.2 Å². The number of hydrogen-bond acceptors (Lipinski definition) is 2. The minimum Gasteiger partial charge on any atom is -0.481 e. The van der Waals surface area contributed by atoms with Gasteiger partial charge in [-0.1, -0.05) is 6.42 Å². The summed E-state index contributed by atoms with van der Waals surface area (Å²) in [6.07, 6.45) is 2.68. The topological polar surface area (TPSA) is 57.6 Å². The summed E-state index contributed by atoms with van der Waals surface area (Å²) in [7, 11) is 0. The Kier molecular flexibility index (Phi) is 2.01. The molecule has 2 fully saturated rings. The first-order valence-corrected chi connectivity index (χ1v) is 5.05. The fraction of sp³-hybridized carbons (Fsp3) is 0.800. The molecule has 1 N–H and O–H groups in total. The Hall–Kier alpha value is -1.06. The second-order valence-corrected chi connectivity index (χ2v) is 4.45. The van der Waals surface area contributed by atoms with E-state index in [4.69, 9.17) is 0 Å². The van der Waals surface area contributed by atoms with Crippen molar-refractivity contribution >= 4 is 11.9 Å². The van der Waals surface area contributed by atoms with Crippen LogP contribution >= 0.6 is 0 Å². The van der Waals surface area contributed by atoms with E-state index >= 15 is 0 Å². The maximum Gasteiger partial charge on any atom is 0.311 e. The van der Waals surface area contributed by atoms with Crippen LogP contribution in [0.1, 0.15) is 26.2 Å². The smallest absolute Gasteiger partial charge is 0.311 e. The van der Waals surface area contributed by atoms with Crippen molar-refractivity contribution in [3.63, 3.8) is 0 Å².